The Hall–Kier alpha value is -2.05. The number of aromatic nitrogens is 2. The van der Waals surface area contributed by atoms with Gasteiger partial charge in [-0.15, -0.1) is 0 Å². The van der Waals surface area contributed by atoms with Gasteiger partial charge in [-0.3, -0.25) is 4.79 Å². The van der Waals surface area contributed by atoms with Gasteiger partial charge in [0.05, 0.1) is 7.11 Å². The first-order valence-corrected chi connectivity index (χ1v) is 7.29. The molecular formula is C14H23N5O2. The molecule has 1 fully saturated rings. The number of amides is 1. The average molecular weight is 293 g/mol. The standard InChI is InChI=1S/C14H23N5O2/c1-4-7-15-13-12(21-3)14(17-9-16-13)18-10-5-6-11(20)19(2)8-10/h9-10H,4-8H2,1-3H3,(H2,15,16,17,18). The highest BCUT2D eigenvalue weighted by atomic mass is 16.5. The van der Waals surface area contributed by atoms with Crippen LogP contribution in [0.1, 0.15) is 26.2 Å². The molecule has 0 aromatic carbocycles. The van der Waals surface area contributed by atoms with Gasteiger partial charge in [-0.25, -0.2) is 9.97 Å². The maximum Gasteiger partial charge on any atom is 0.222 e. The fourth-order valence-electron chi connectivity index (χ4n) is 2.36. The van der Waals surface area contributed by atoms with Crippen molar-refractivity contribution in [2.75, 3.05) is 37.9 Å². The molecule has 0 bridgehead atoms. The molecule has 2 heterocycles. The number of carbonyl (C=O) groups is 1. The third-order valence-electron chi connectivity index (χ3n) is 3.52. The van der Waals surface area contributed by atoms with Crippen molar-refractivity contribution in [1.29, 1.82) is 0 Å². The van der Waals surface area contributed by atoms with E-state index in [0.717, 1.165) is 19.4 Å². The molecule has 1 saturated heterocycles. The first kappa shape index (κ1) is 15.3. The Labute approximate surface area is 125 Å². The second-order valence-corrected chi connectivity index (χ2v) is 5.19. The summed E-state index contributed by atoms with van der Waals surface area (Å²) in [5.41, 5.74) is 0. The molecule has 0 saturated carbocycles. The lowest BCUT2D eigenvalue weighted by Gasteiger charge is -2.30. The molecule has 0 spiro atoms. The molecule has 1 amide bonds. The Morgan fingerprint density at radius 3 is 2.86 bits per heavy atom. The molecule has 1 atom stereocenters. The minimum Gasteiger partial charge on any atom is -0.490 e. The zero-order valence-corrected chi connectivity index (χ0v) is 12.8. The Morgan fingerprint density at radius 2 is 2.19 bits per heavy atom. The number of hydrogen-bond donors (Lipinski definition) is 2. The van der Waals surface area contributed by atoms with Crippen molar-refractivity contribution in [1.82, 2.24) is 14.9 Å². The molecule has 21 heavy (non-hydrogen) atoms. The number of likely N-dealkylation sites (tertiary alicyclic amines) is 1. The number of rotatable bonds is 6. The largest absolute Gasteiger partial charge is 0.490 e. The molecule has 7 nitrogen and oxygen atoms in total. The Balaban J connectivity index is 2.10. The zero-order chi connectivity index (χ0) is 15.2. The van der Waals surface area contributed by atoms with E-state index in [2.05, 4.69) is 27.5 Å². The predicted octanol–water partition coefficient (Wildman–Crippen LogP) is 1.34. The molecule has 2 rings (SSSR count). The molecule has 2 N–H and O–H groups in total. The molecular weight excluding hydrogens is 270 g/mol. The van der Waals surface area contributed by atoms with Crippen molar-refractivity contribution in [2.45, 2.75) is 32.2 Å². The van der Waals surface area contributed by atoms with Crippen molar-refractivity contribution >= 4 is 17.5 Å². The van der Waals surface area contributed by atoms with E-state index >= 15 is 0 Å². The van der Waals surface area contributed by atoms with Crippen LogP contribution in [0.3, 0.4) is 0 Å². The van der Waals surface area contributed by atoms with Crippen LogP contribution >= 0.6 is 0 Å². The van der Waals surface area contributed by atoms with E-state index < -0.39 is 0 Å². The summed E-state index contributed by atoms with van der Waals surface area (Å²) in [5, 5.41) is 6.58. The number of likely N-dealkylation sites (N-methyl/N-ethyl adjacent to an activating group) is 1. The number of ether oxygens (including phenoxy) is 1. The lowest BCUT2D eigenvalue weighted by Crippen LogP contribution is -2.43. The maximum absolute atomic E-state index is 11.5. The first-order valence-electron chi connectivity index (χ1n) is 7.29. The van der Waals surface area contributed by atoms with Gasteiger partial charge in [-0.05, 0) is 12.8 Å². The average Bonchev–Trinajstić information content (AvgIpc) is 2.49. The van der Waals surface area contributed by atoms with Gasteiger partial charge in [0, 0.05) is 32.6 Å². The summed E-state index contributed by atoms with van der Waals surface area (Å²) in [4.78, 5) is 21.7. The Bertz CT molecular complexity index is 494. The van der Waals surface area contributed by atoms with Gasteiger partial charge < -0.3 is 20.3 Å². The van der Waals surface area contributed by atoms with Crippen molar-refractivity contribution in [3.05, 3.63) is 6.33 Å². The third kappa shape index (κ3) is 3.74. The van der Waals surface area contributed by atoms with Crippen molar-refractivity contribution in [3.63, 3.8) is 0 Å². The number of nitrogens with one attached hydrogen (secondary N) is 2. The lowest BCUT2D eigenvalue weighted by atomic mass is 10.1. The van der Waals surface area contributed by atoms with E-state index in [0.29, 0.717) is 30.4 Å². The monoisotopic (exact) mass is 293 g/mol. The molecule has 0 radical (unpaired) electrons. The molecule has 0 aliphatic carbocycles. The number of carbonyl (C=O) groups excluding carboxylic acids is 1. The van der Waals surface area contributed by atoms with Crippen LogP contribution in [0.15, 0.2) is 6.33 Å². The predicted molar refractivity (Wildman–Crippen MR) is 81.6 cm³/mol. The second-order valence-electron chi connectivity index (χ2n) is 5.19. The summed E-state index contributed by atoms with van der Waals surface area (Å²) >= 11 is 0. The number of nitrogens with zero attached hydrogens (tertiary/aromatic N) is 3. The van der Waals surface area contributed by atoms with Crippen LogP contribution in [0.2, 0.25) is 0 Å². The smallest absolute Gasteiger partial charge is 0.222 e. The maximum atomic E-state index is 11.5. The van der Waals surface area contributed by atoms with E-state index in [1.807, 2.05) is 7.05 Å². The summed E-state index contributed by atoms with van der Waals surface area (Å²) in [5.74, 6) is 2.16. The fourth-order valence-corrected chi connectivity index (χ4v) is 2.36. The van der Waals surface area contributed by atoms with Gasteiger partial charge in [0.25, 0.3) is 0 Å². The molecule has 1 aliphatic rings. The quantitative estimate of drug-likeness (QED) is 0.824. The molecule has 1 aromatic rings. The fraction of sp³-hybridized carbons (Fsp3) is 0.643. The van der Waals surface area contributed by atoms with Crippen molar-refractivity contribution < 1.29 is 9.53 Å². The van der Waals surface area contributed by atoms with Crippen LogP contribution < -0.4 is 15.4 Å². The van der Waals surface area contributed by atoms with Gasteiger partial charge in [-0.2, -0.15) is 0 Å². The molecule has 1 aliphatic heterocycles. The van der Waals surface area contributed by atoms with Crippen LogP contribution in [0.25, 0.3) is 0 Å². The molecule has 1 unspecified atom stereocenters. The van der Waals surface area contributed by atoms with Crippen LogP contribution in [0.5, 0.6) is 5.75 Å². The Morgan fingerprint density at radius 1 is 1.43 bits per heavy atom. The summed E-state index contributed by atoms with van der Waals surface area (Å²) in [7, 11) is 3.43. The number of methoxy groups -OCH3 is 1. The highest BCUT2D eigenvalue weighted by Gasteiger charge is 2.24. The normalized spacial score (nSPS) is 18.5. The van der Waals surface area contributed by atoms with E-state index in [1.54, 1.807) is 12.0 Å². The van der Waals surface area contributed by atoms with E-state index in [9.17, 15) is 4.79 Å². The van der Waals surface area contributed by atoms with E-state index in [4.69, 9.17) is 4.74 Å². The van der Waals surface area contributed by atoms with Crippen LogP contribution in [0, 0.1) is 0 Å². The van der Waals surface area contributed by atoms with Crippen molar-refractivity contribution in [2.24, 2.45) is 0 Å². The lowest BCUT2D eigenvalue weighted by molar-refractivity contribution is -0.132. The van der Waals surface area contributed by atoms with Gasteiger partial charge in [0.1, 0.15) is 6.33 Å². The second kappa shape index (κ2) is 7.10. The minimum atomic E-state index is 0.176. The van der Waals surface area contributed by atoms with Gasteiger partial charge in [-0.1, -0.05) is 6.92 Å². The summed E-state index contributed by atoms with van der Waals surface area (Å²) in [6, 6.07) is 0.176. The highest BCUT2D eigenvalue weighted by Crippen LogP contribution is 2.30. The first-order chi connectivity index (χ1) is 10.2. The van der Waals surface area contributed by atoms with Crippen molar-refractivity contribution in [3.8, 4) is 5.75 Å². The Kier molecular flexibility index (Phi) is 5.19. The van der Waals surface area contributed by atoms with E-state index in [1.165, 1.54) is 6.33 Å². The summed E-state index contributed by atoms with van der Waals surface area (Å²) < 4.78 is 5.43. The van der Waals surface area contributed by atoms with Gasteiger partial charge >= 0.3 is 0 Å². The minimum absolute atomic E-state index is 0.176. The van der Waals surface area contributed by atoms with Gasteiger partial charge in [0.15, 0.2) is 11.6 Å². The van der Waals surface area contributed by atoms with Crippen LogP contribution in [0.4, 0.5) is 11.6 Å². The highest BCUT2D eigenvalue weighted by molar-refractivity contribution is 5.77. The third-order valence-corrected chi connectivity index (χ3v) is 3.52. The van der Waals surface area contributed by atoms with Crippen LogP contribution in [-0.4, -0.2) is 54.1 Å². The topological polar surface area (TPSA) is 79.4 Å². The number of hydrogen-bond acceptors (Lipinski definition) is 6. The summed E-state index contributed by atoms with van der Waals surface area (Å²) in [6.45, 7) is 3.59. The SMILES string of the molecule is CCCNc1ncnc(NC2CCC(=O)N(C)C2)c1OC. The zero-order valence-electron chi connectivity index (χ0n) is 12.8. The molecule has 7 heteroatoms. The number of anilines is 2. The van der Waals surface area contributed by atoms with Gasteiger partial charge in [0.2, 0.25) is 11.7 Å². The van der Waals surface area contributed by atoms with Crippen LogP contribution in [-0.2, 0) is 4.79 Å². The summed E-state index contributed by atoms with van der Waals surface area (Å²) in [6.07, 6.45) is 3.88. The van der Waals surface area contributed by atoms with E-state index in [-0.39, 0.29) is 11.9 Å². The molecule has 116 valence electrons. The molecule has 1 aromatic heterocycles. The number of piperidine rings is 1.